The van der Waals surface area contributed by atoms with Crippen LogP contribution in [-0.2, 0) is 13.0 Å². The van der Waals surface area contributed by atoms with Gasteiger partial charge in [-0.2, -0.15) is 0 Å². The van der Waals surface area contributed by atoms with Crippen LogP contribution >= 0.6 is 0 Å². The van der Waals surface area contributed by atoms with E-state index in [0.717, 1.165) is 5.69 Å². The van der Waals surface area contributed by atoms with Crippen LogP contribution in [0.25, 0.3) is 10.9 Å². The number of fused-ring (bicyclic) bond motifs is 1. The predicted octanol–water partition coefficient (Wildman–Crippen LogP) is 1.94. The number of benzene rings is 1. The monoisotopic (exact) mass is 296 g/mol. The van der Waals surface area contributed by atoms with Crippen molar-refractivity contribution in [3.05, 3.63) is 75.1 Å². The van der Waals surface area contributed by atoms with Crippen LogP contribution in [0.4, 0.5) is 5.69 Å². The lowest BCUT2D eigenvalue weighted by atomic mass is 10.2. The molecule has 7 heteroatoms. The number of non-ortho nitro benzene ring substituents is 1. The first kappa shape index (κ1) is 13.9. The molecule has 0 atom stereocenters. The summed E-state index contributed by atoms with van der Waals surface area (Å²) in [7, 11) is 0. The molecule has 0 aliphatic rings. The quantitative estimate of drug-likeness (QED) is 0.542. The minimum atomic E-state index is -0.524. The molecule has 0 aliphatic heterocycles. The van der Waals surface area contributed by atoms with Crippen LogP contribution in [0.15, 0.2) is 53.7 Å². The van der Waals surface area contributed by atoms with Crippen LogP contribution in [0.2, 0.25) is 0 Å². The van der Waals surface area contributed by atoms with Gasteiger partial charge < -0.3 is 0 Å². The number of aromatic nitrogens is 3. The molecule has 0 aliphatic carbocycles. The van der Waals surface area contributed by atoms with E-state index in [4.69, 9.17) is 0 Å². The highest BCUT2D eigenvalue weighted by Crippen LogP contribution is 2.16. The Labute approximate surface area is 125 Å². The summed E-state index contributed by atoms with van der Waals surface area (Å²) in [6, 6.07) is 9.68. The third kappa shape index (κ3) is 2.69. The number of nitro benzene ring substituents is 1. The van der Waals surface area contributed by atoms with Gasteiger partial charge in [0.05, 0.1) is 22.2 Å². The molecule has 0 saturated carbocycles. The molecule has 0 unspecified atom stereocenters. The first-order chi connectivity index (χ1) is 10.6. The highest BCUT2D eigenvalue weighted by atomic mass is 16.6. The highest BCUT2D eigenvalue weighted by molar-refractivity contribution is 5.79. The van der Waals surface area contributed by atoms with Crippen LogP contribution in [-0.4, -0.2) is 19.5 Å². The van der Waals surface area contributed by atoms with Gasteiger partial charge in [-0.1, -0.05) is 6.07 Å². The van der Waals surface area contributed by atoms with E-state index in [-0.39, 0.29) is 16.6 Å². The van der Waals surface area contributed by atoms with Crippen molar-refractivity contribution in [2.45, 2.75) is 13.0 Å². The smallest absolute Gasteiger partial charge is 0.270 e. The van der Waals surface area contributed by atoms with Crippen LogP contribution in [0.5, 0.6) is 0 Å². The zero-order valence-electron chi connectivity index (χ0n) is 11.5. The number of hydrogen-bond acceptors (Lipinski definition) is 5. The fraction of sp³-hybridized carbons (Fsp3) is 0.133. The Morgan fingerprint density at radius 2 is 2.05 bits per heavy atom. The molecule has 0 radical (unpaired) electrons. The fourth-order valence-corrected chi connectivity index (χ4v) is 2.20. The summed E-state index contributed by atoms with van der Waals surface area (Å²) in [5.74, 6) is 0. The number of aryl methyl sites for hydroxylation is 2. The Morgan fingerprint density at radius 1 is 1.18 bits per heavy atom. The van der Waals surface area contributed by atoms with E-state index < -0.39 is 4.92 Å². The molecule has 2 aromatic heterocycles. The third-order valence-corrected chi connectivity index (χ3v) is 3.35. The maximum Gasteiger partial charge on any atom is 0.270 e. The normalized spacial score (nSPS) is 10.7. The van der Waals surface area contributed by atoms with Crippen molar-refractivity contribution in [2.24, 2.45) is 0 Å². The summed E-state index contributed by atoms with van der Waals surface area (Å²) in [6.45, 7) is 0.418. The second kappa shape index (κ2) is 5.72. The number of nitro groups is 1. The Hall–Kier alpha value is -3.09. The van der Waals surface area contributed by atoms with E-state index in [9.17, 15) is 14.9 Å². The van der Waals surface area contributed by atoms with Crippen molar-refractivity contribution in [1.29, 1.82) is 0 Å². The summed E-state index contributed by atoms with van der Waals surface area (Å²) >= 11 is 0. The minimum Gasteiger partial charge on any atom is -0.298 e. The molecule has 0 amide bonds. The van der Waals surface area contributed by atoms with Crippen LogP contribution < -0.4 is 5.56 Å². The SMILES string of the molecule is O=c1c2cc([N+](=O)[O-])ccc2ncn1CCc1ccccn1. The maximum atomic E-state index is 12.4. The first-order valence-corrected chi connectivity index (χ1v) is 6.68. The predicted molar refractivity (Wildman–Crippen MR) is 80.6 cm³/mol. The Morgan fingerprint density at radius 3 is 2.77 bits per heavy atom. The summed E-state index contributed by atoms with van der Waals surface area (Å²) < 4.78 is 1.45. The summed E-state index contributed by atoms with van der Waals surface area (Å²) in [6.07, 6.45) is 3.74. The van der Waals surface area contributed by atoms with Crippen molar-refractivity contribution in [3.63, 3.8) is 0 Å². The summed E-state index contributed by atoms with van der Waals surface area (Å²) in [4.78, 5) is 31.1. The minimum absolute atomic E-state index is 0.117. The van der Waals surface area contributed by atoms with Crippen molar-refractivity contribution >= 4 is 16.6 Å². The number of pyridine rings is 1. The van der Waals surface area contributed by atoms with Crippen LogP contribution in [0.3, 0.4) is 0 Å². The molecule has 0 bridgehead atoms. The Balaban J connectivity index is 1.95. The number of hydrogen-bond donors (Lipinski definition) is 0. The van der Waals surface area contributed by atoms with Gasteiger partial charge in [-0.15, -0.1) is 0 Å². The maximum absolute atomic E-state index is 12.4. The van der Waals surface area contributed by atoms with Crippen molar-refractivity contribution in [2.75, 3.05) is 0 Å². The number of rotatable bonds is 4. The lowest BCUT2D eigenvalue weighted by Gasteiger charge is -2.06. The van der Waals surface area contributed by atoms with Gasteiger partial charge in [0.1, 0.15) is 0 Å². The van der Waals surface area contributed by atoms with E-state index in [1.165, 1.54) is 29.1 Å². The van der Waals surface area contributed by atoms with Crippen molar-refractivity contribution < 1.29 is 4.92 Å². The van der Waals surface area contributed by atoms with Gasteiger partial charge in [0.2, 0.25) is 0 Å². The highest BCUT2D eigenvalue weighted by Gasteiger charge is 2.10. The molecule has 7 nitrogen and oxygen atoms in total. The van der Waals surface area contributed by atoms with Gasteiger partial charge in [0.15, 0.2) is 0 Å². The van der Waals surface area contributed by atoms with E-state index >= 15 is 0 Å². The molecule has 0 saturated heterocycles. The van der Waals surface area contributed by atoms with E-state index in [1.807, 2.05) is 18.2 Å². The molecule has 2 heterocycles. The Kier molecular flexibility index (Phi) is 3.61. The molecule has 1 aromatic carbocycles. The van der Waals surface area contributed by atoms with E-state index in [1.54, 1.807) is 6.20 Å². The van der Waals surface area contributed by atoms with E-state index in [0.29, 0.717) is 18.5 Å². The summed E-state index contributed by atoms with van der Waals surface area (Å²) in [5, 5.41) is 11.1. The fourth-order valence-electron chi connectivity index (χ4n) is 2.20. The third-order valence-electron chi connectivity index (χ3n) is 3.35. The molecule has 110 valence electrons. The Bertz CT molecular complexity index is 890. The molecule has 3 aromatic rings. The standard InChI is InChI=1S/C15H12N4O3/c20-15-13-9-12(19(21)22)4-5-14(13)17-10-18(15)8-6-11-3-1-2-7-16-11/h1-5,7,9-10H,6,8H2. The van der Waals surface area contributed by atoms with Crippen molar-refractivity contribution in [3.8, 4) is 0 Å². The van der Waals surface area contributed by atoms with E-state index in [2.05, 4.69) is 9.97 Å². The number of nitrogens with zero attached hydrogens (tertiary/aromatic N) is 4. The van der Waals surface area contributed by atoms with Gasteiger partial charge in [0.25, 0.3) is 11.2 Å². The van der Waals surface area contributed by atoms with Gasteiger partial charge >= 0.3 is 0 Å². The molecular weight excluding hydrogens is 284 g/mol. The molecule has 22 heavy (non-hydrogen) atoms. The van der Waals surface area contributed by atoms with Gasteiger partial charge in [0, 0.05) is 37.0 Å². The van der Waals surface area contributed by atoms with Gasteiger partial charge in [-0.25, -0.2) is 4.98 Å². The molecule has 0 N–H and O–H groups in total. The van der Waals surface area contributed by atoms with Gasteiger partial charge in [-0.3, -0.25) is 24.5 Å². The van der Waals surface area contributed by atoms with Crippen LogP contribution in [0, 0.1) is 10.1 Å². The second-order valence-corrected chi connectivity index (χ2v) is 4.77. The zero-order valence-corrected chi connectivity index (χ0v) is 11.5. The molecule has 3 rings (SSSR count). The van der Waals surface area contributed by atoms with Crippen LogP contribution in [0.1, 0.15) is 5.69 Å². The topological polar surface area (TPSA) is 90.9 Å². The molecular formula is C15H12N4O3. The average molecular weight is 296 g/mol. The van der Waals surface area contributed by atoms with Crippen molar-refractivity contribution in [1.82, 2.24) is 14.5 Å². The largest absolute Gasteiger partial charge is 0.298 e. The lowest BCUT2D eigenvalue weighted by Crippen LogP contribution is -2.21. The molecule has 0 spiro atoms. The summed E-state index contributed by atoms with van der Waals surface area (Å²) in [5.41, 5.74) is 0.914. The van der Waals surface area contributed by atoms with Gasteiger partial charge in [-0.05, 0) is 18.2 Å². The average Bonchev–Trinajstić information content (AvgIpc) is 2.55. The zero-order chi connectivity index (χ0) is 15.5. The second-order valence-electron chi connectivity index (χ2n) is 4.77. The lowest BCUT2D eigenvalue weighted by molar-refractivity contribution is -0.384. The molecule has 0 fully saturated rings. The first-order valence-electron chi connectivity index (χ1n) is 6.68.